The highest BCUT2D eigenvalue weighted by Gasteiger charge is 2.02. The second-order valence-corrected chi connectivity index (χ2v) is 4.94. The molecule has 0 saturated heterocycles. The molecule has 0 heteroatoms. The maximum Gasteiger partial charge on any atom is 0.0199 e. The molecule has 96 valence electrons. The topological polar surface area (TPSA) is 0 Å². The third-order valence-corrected chi connectivity index (χ3v) is 3.29. The van der Waals surface area contributed by atoms with Gasteiger partial charge in [-0.1, -0.05) is 77.9 Å². The Morgan fingerprint density at radius 3 is 1.89 bits per heavy atom. The molecule has 1 unspecified atom stereocenters. The molecule has 0 N–H and O–H groups in total. The average Bonchev–Trinajstić information content (AvgIpc) is 2.43. The largest absolute Gasteiger partial charge is 0.102 e. The minimum atomic E-state index is 0.266. The average molecular weight is 248 g/mol. The van der Waals surface area contributed by atoms with Gasteiger partial charge in [-0.15, -0.1) is 6.58 Å². The van der Waals surface area contributed by atoms with Gasteiger partial charge in [0, 0.05) is 5.92 Å². The van der Waals surface area contributed by atoms with Crippen LogP contribution >= 0.6 is 0 Å². The van der Waals surface area contributed by atoms with Crippen molar-refractivity contribution < 1.29 is 0 Å². The van der Waals surface area contributed by atoms with Gasteiger partial charge < -0.3 is 0 Å². The lowest BCUT2D eigenvalue weighted by molar-refractivity contribution is 1.09. The standard InChI is InChI=1S/C19H20/c1-4-18(19-12-7-16(3)8-13-19)14-11-17-9-5-15(2)6-10-17/h4-14,18H,1H2,2-3H3/b14-11-. The van der Waals surface area contributed by atoms with Crippen LogP contribution in [-0.4, -0.2) is 0 Å². The molecule has 0 bridgehead atoms. The van der Waals surface area contributed by atoms with E-state index in [-0.39, 0.29) is 5.92 Å². The summed E-state index contributed by atoms with van der Waals surface area (Å²) in [7, 11) is 0. The highest BCUT2D eigenvalue weighted by Crippen LogP contribution is 2.20. The van der Waals surface area contributed by atoms with E-state index in [4.69, 9.17) is 0 Å². The molecule has 0 radical (unpaired) electrons. The van der Waals surface area contributed by atoms with Gasteiger partial charge in [0.25, 0.3) is 0 Å². The Hall–Kier alpha value is -2.08. The van der Waals surface area contributed by atoms with Crippen LogP contribution in [-0.2, 0) is 0 Å². The van der Waals surface area contributed by atoms with Crippen molar-refractivity contribution in [2.45, 2.75) is 19.8 Å². The van der Waals surface area contributed by atoms with Crippen LogP contribution in [0.1, 0.15) is 28.2 Å². The molecule has 1 atom stereocenters. The zero-order chi connectivity index (χ0) is 13.7. The van der Waals surface area contributed by atoms with Crippen molar-refractivity contribution in [1.82, 2.24) is 0 Å². The summed E-state index contributed by atoms with van der Waals surface area (Å²) < 4.78 is 0. The highest BCUT2D eigenvalue weighted by atomic mass is 14.1. The Kier molecular flexibility index (Phi) is 4.35. The smallest absolute Gasteiger partial charge is 0.0199 e. The van der Waals surface area contributed by atoms with Crippen molar-refractivity contribution >= 4 is 6.08 Å². The van der Waals surface area contributed by atoms with Crippen LogP contribution in [0.25, 0.3) is 6.08 Å². The second-order valence-electron chi connectivity index (χ2n) is 4.94. The maximum absolute atomic E-state index is 3.93. The van der Waals surface area contributed by atoms with E-state index in [1.54, 1.807) is 0 Å². The predicted molar refractivity (Wildman–Crippen MR) is 84.3 cm³/mol. The first-order valence-electron chi connectivity index (χ1n) is 6.63. The fraction of sp³-hybridized carbons (Fsp3) is 0.158. The van der Waals surface area contributed by atoms with Crippen LogP contribution in [0.3, 0.4) is 0 Å². The molecule has 0 spiro atoms. The van der Waals surface area contributed by atoms with E-state index in [1.807, 2.05) is 6.08 Å². The summed E-state index contributed by atoms with van der Waals surface area (Å²) in [5.41, 5.74) is 5.08. The van der Waals surface area contributed by atoms with Gasteiger partial charge in [0.05, 0.1) is 0 Å². The monoisotopic (exact) mass is 248 g/mol. The summed E-state index contributed by atoms with van der Waals surface area (Å²) in [6, 6.07) is 17.2. The molecular weight excluding hydrogens is 228 g/mol. The molecule has 0 aromatic heterocycles. The zero-order valence-corrected chi connectivity index (χ0v) is 11.6. The SMILES string of the molecule is C=CC(/C=C\c1ccc(C)cc1)c1ccc(C)cc1. The molecule has 19 heavy (non-hydrogen) atoms. The minimum absolute atomic E-state index is 0.266. The van der Waals surface area contributed by atoms with E-state index in [0.717, 1.165) is 0 Å². The Morgan fingerprint density at radius 1 is 0.842 bits per heavy atom. The summed E-state index contributed by atoms with van der Waals surface area (Å²) in [6.45, 7) is 8.14. The van der Waals surface area contributed by atoms with Gasteiger partial charge >= 0.3 is 0 Å². The highest BCUT2D eigenvalue weighted by molar-refractivity contribution is 5.52. The maximum atomic E-state index is 3.93. The van der Waals surface area contributed by atoms with E-state index < -0.39 is 0 Å². The summed E-state index contributed by atoms with van der Waals surface area (Å²) in [5.74, 6) is 0.266. The van der Waals surface area contributed by atoms with Crippen molar-refractivity contribution in [2.24, 2.45) is 0 Å². The van der Waals surface area contributed by atoms with Crippen LogP contribution in [0.2, 0.25) is 0 Å². The first kappa shape index (κ1) is 13.4. The van der Waals surface area contributed by atoms with E-state index in [9.17, 15) is 0 Å². The molecule has 0 nitrogen and oxygen atoms in total. The fourth-order valence-corrected chi connectivity index (χ4v) is 2.01. The third kappa shape index (κ3) is 3.69. The van der Waals surface area contributed by atoms with Gasteiger partial charge in [-0.25, -0.2) is 0 Å². The number of hydrogen-bond acceptors (Lipinski definition) is 0. The number of aryl methyl sites for hydroxylation is 2. The van der Waals surface area contributed by atoms with Gasteiger partial charge in [0.15, 0.2) is 0 Å². The van der Waals surface area contributed by atoms with Gasteiger partial charge in [0.2, 0.25) is 0 Å². The molecule has 0 aliphatic carbocycles. The first-order chi connectivity index (χ1) is 9.19. The van der Waals surface area contributed by atoms with Crippen molar-refractivity contribution in [2.75, 3.05) is 0 Å². The van der Waals surface area contributed by atoms with Crippen LogP contribution in [0.5, 0.6) is 0 Å². The normalized spacial score (nSPS) is 12.5. The van der Waals surface area contributed by atoms with Crippen molar-refractivity contribution in [1.29, 1.82) is 0 Å². The predicted octanol–water partition coefficient (Wildman–Crippen LogP) is 5.29. The van der Waals surface area contributed by atoms with Gasteiger partial charge in [0.1, 0.15) is 0 Å². The molecule has 0 heterocycles. The second kappa shape index (κ2) is 6.19. The Balaban J connectivity index is 2.17. The van der Waals surface area contributed by atoms with Crippen LogP contribution in [0, 0.1) is 13.8 Å². The lowest BCUT2D eigenvalue weighted by Gasteiger charge is -2.08. The lowest BCUT2D eigenvalue weighted by atomic mass is 9.97. The van der Waals surface area contributed by atoms with E-state index in [1.165, 1.54) is 22.3 Å². The summed E-state index contributed by atoms with van der Waals surface area (Å²) in [5, 5.41) is 0. The van der Waals surface area contributed by atoms with E-state index in [0.29, 0.717) is 0 Å². The van der Waals surface area contributed by atoms with Crippen molar-refractivity contribution in [3.05, 3.63) is 89.5 Å². The molecule has 0 saturated carbocycles. The number of hydrogen-bond donors (Lipinski definition) is 0. The Bertz CT molecular complexity index is 556. The van der Waals surface area contributed by atoms with Gasteiger partial charge in [-0.05, 0) is 25.0 Å². The van der Waals surface area contributed by atoms with Gasteiger partial charge in [-0.2, -0.15) is 0 Å². The first-order valence-corrected chi connectivity index (χ1v) is 6.63. The van der Waals surface area contributed by atoms with Crippen LogP contribution in [0.4, 0.5) is 0 Å². The molecule has 0 aliphatic rings. The number of rotatable bonds is 4. The third-order valence-electron chi connectivity index (χ3n) is 3.29. The number of benzene rings is 2. The summed E-state index contributed by atoms with van der Waals surface area (Å²) >= 11 is 0. The zero-order valence-electron chi connectivity index (χ0n) is 11.6. The molecule has 2 aromatic rings. The minimum Gasteiger partial charge on any atom is -0.102 e. The molecular formula is C19H20. The van der Waals surface area contributed by atoms with E-state index >= 15 is 0 Å². The fourth-order valence-electron chi connectivity index (χ4n) is 2.01. The Labute approximate surface area is 116 Å². The lowest BCUT2D eigenvalue weighted by Crippen LogP contribution is -1.90. The van der Waals surface area contributed by atoms with Gasteiger partial charge in [-0.3, -0.25) is 0 Å². The molecule has 0 fully saturated rings. The van der Waals surface area contributed by atoms with Crippen LogP contribution < -0.4 is 0 Å². The number of allylic oxidation sites excluding steroid dienone is 2. The van der Waals surface area contributed by atoms with Crippen molar-refractivity contribution in [3.8, 4) is 0 Å². The van der Waals surface area contributed by atoms with E-state index in [2.05, 4.69) is 81.1 Å². The molecule has 2 rings (SSSR count). The summed E-state index contributed by atoms with van der Waals surface area (Å²) in [4.78, 5) is 0. The molecule has 0 amide bonds. The summed E-state index contributed by atoms with van der Waals surface area (Å²) in [6.07, 6.45) is 6.34. The molecule has 0 aliphatic heterocycles. The van der Waals surface area contributed by atoms with Crippen LogP contribution in [0.15, 0.2) is 67.3 Å². The Morgan fingerprint density at radius 2 is 1.37 bits per heavy atom. The quantitative estimate of drug-likeness (QED) is 0.645. The molecule has 2 aromatic carbocycles. The van der Waals surface area contributed by atoms with Crippen molar-refractivity contribution in [3.63, 3.8) is 0 Å².